The van der Waals surface area contributed by atoms with Crippen molar-refractivity contribution in [2.24, 2.45) is 0 Å². The minimum absolute atomic E-state index is 0.0409. The number of thiocarbonyl (C=S) groups is 1. The molecule has 168 valence electrons. The first-order valence-electron chi connectivity index (χ1n) is 10.0. The number of amides is 2. The Morgan fingerprint density at radius 1 is 0.909 bits per heavy atom. The van der Waals surface area contributed by atoms with Gasteiger partial charge in [0.25, 0.3) is 5.91 Å². The highest BCUT2D eigenvalue weighted by molar-refractivity contribution is 7.80. The fourth-order valence-electron chi connectivity index (χ4n) is 2.78. The summed E-state index contributed by atoms with van der Waals surface area (Å²) in [4.78, 5) is 24.3. The summed E-state index contributed by atoms with van der Waals surface area (Å²) >= 11 is 5.04. The number of hydrogen-bond acceptors (Lipinski definition) is 5. The number of hydrogen-bond donors (Lipinski definition) is 3. The molecule has 0 heterocycles. The van der Waals surface area contributed by atoms with Crippen LogP contribution in [-0.2, 0) is 11.4 Å². The van der Waals surface area contributed by atoms with E-state index in [1.807, 2.05) is 48.5 Å². The zero-order valence-corrected chi connectivity index (χ0v) is 18.7. The maximum atomic E-state index is 12.3. The lowest BCUT2D eigenvalue weighted by molar-refractivity contribution is -0.115. The van der Waals surface area contributed by atoms with Gasteiger partial charge in [0, 0.05) is 17.2 Å². The van der Waals surface area contributed by atoms with Gasteiger partial charge in [-0.05, 0) is 54.2 Å². The summed E-state index contributed by atoms with van der Waals surface area (Å²) in [6.45, 7) is 0.438. The number of benzene rings is 3. The maximum absolute atomic E-state index is 12.3. The second-order valence-corrected chi connectivity index (χ2v) is 7.18. The molecule has 3 aromatic carbocycles. The summed E-state index contributed by atoms with van der Waals surface area (Å²) in [7, 11) is 1.56. The van der Waals surface area contributed by atoms with Crippen LogP contribution in [0.15, 0.2) is 84.9 Å². The smallest absolute Gasteiger partial charge is 0.269 e. The predicted molar refractivity (Wildman–Crippen MR) is 131 cm³/mol. The van der Waals surface area contributed by atoms with Crippen LogP contribution in [0.1, 0.15) is 21.5 Å². The molecule has 0 bridgehead atoms. The molecule has 0 aliphatic heterocycles. The quantitative estimate of drug-likeness (QED) is 0.283. The Balaban J connectivity index is 1.43. The Morgan fingerprint density at radius 3 is 2.33 bits per heavy atom. The van der Waals surface area contributed by atoms with Gasteiger partial charge in [0.15, 0.2) is 5.11 Å². The molecule has 0 aliphatic rings. The van der Waals surface area contributed by atoms with Crippen molar-refractivity contribution in [3.05, 3.63) is 102 Å². The average molecular weight is 462 g/mol. The topological polar surface area (TPSA) is 88.7 Å². The molecule has 0 saturated heterocycles. The molecule has 33 heavy (non-hydrogen) atoms. The van der Waals surface area contributed by atoms with Crippen LogP contribution in [0.5, 0.6) is 11.5 Å². The van der Waals surface area contributed by atoms with Crippen molar-refractivity contribution in [3.8, 4) is 11.5 Å². The number of carbonyl (C=O) groups is 2. The minimum Gasteiger partial charge on any atom is -0.496 e. The van der Waals surface area contributed by atoms with Crippen LogP contribution in [0.2, 0.25) is 0 Å². The van der Waals surface area contributed by atoms with Gasteiger partial charge in [-0.2, -0.15) is 0 Å². The number of methoxy groups -OCH3 is 1. The molecular formula is C25H23N3O4S. The van der Waals surface area contributed by atoms with Gasteiger partial charge in [0.05, 0.1) is 7.11 Å². The van der Waals surface area contributed by atoms with Crippen LogP contribution in [0.3, 0.4) is 0 Å². The Bertz CT molecular complexity index is 1130. The lowest BCUT2D eigenvalue weighted by Crippen LogP contribution is -2.48. The highest BCUT2D eigenvalue weighted by atomic mass is 32.1. The van der Waals surface area contributed by atoms with Gasteiger partial charge in [-0.1, -0.05) is 48.5 Å². The molecule has 0 aliphatic carbocycles. The summed E-state index contributed by atoms with van der Waals surface area (Å²) in [5, 5.41) is 2.41. The van der Waals surface area contributed by atoms with E-state index in [4.69, 9.17) is 21.7 Å². The van der Waals surface area contributed by atoms with Crippen LogP contribution in [-0.4, -0.2) is 24.0 Å². The van der Waals surface area contributed by atoms with E-state index >= 15 is 0 Å². The third-order valence-corrected chi connectivity index (χ3v) is 4.65. The molecule has 3 rings (SSSR count). The van der Waals surface area contributed by atoms with E-state index in [1.165, 1.54) is 6.08 Å². The van der Waals surface area contributed by atoms with E-state index in [0.717, 1.165) is 11.1 Å². The monoisotopic (exact) mass is 461 g/mol. The molecule has 0 unspecified atom stereocenters. The number of rotatable bonds is 7. The largest absolute Gasteiger partial charge is 0.496 e. The van der Waals surface area contributed by atoms with Gasteiger partial charge >= 0.3 is 0 Å². The van der Waals surface area contributed by atoms with Gasteiger partial charge < -0.3 is 9.47 Å². The SMILES string of the molecule is COc1ccccc1C=CC(=O)NC(=S)NNC(=O)c1ccc(OCc2ccccc2)cc1. The van der Waals surface area contributed by atoms with E-state index in [2.05, 4.69) is 16.2 Å². The summed E-state index contributed by atoms with van der Waals surface area (Å²) < 4.78 is 10.9. The van der Waals surface area contributed by atoms with E-state index in [-0.39, 0.29) is 5.11 Å². The van der Waals surface area contributed by atoms with Crippen molar-refractivity contribution in [1.29, 1.82) is 0 Å². The highest BCUT2D eigenvalue weighted by Gasteiger charge is 2.08. The first-order chi connectivity index (χ1) is 16.0. The van der Waals surface area contributed by atoms with Gasteiger partial charge in [-0.3, -0.25) is 25.8 Å². The van der Waals surface area contributed by atoms with Gasteiger partial charge in [0.1, 0.15) is 18.1 Å². The van der Waals surface area contributed by atoms with E-state index in [9.17, 15) is 9.59 Å². The highest BCUT2D eigenvalue weighted by Crippen LogP contribution is 2.18. The van der Waals surface area contributed by atoms with Gasteiger partial charge in [0.2, 0.25) is 5.91 Å². The Labute approximate surface area is 197 Å². The first-order valence-corrected chi connectivity index (χ1v) is 10.4. The first kappa shape index (κ1) is 23.5. The number of nitrogens with one attached hydrogen (secondary N) is 3. The molecule has 0 atom stereocenters. The lowest BCUT2D eigenvalue weighted by atomic mass is 10.2. The van der Waals surface area contributed by atoms with Crippen LogP contribution >= 0.6 is 12.2 Å². The van der Waals surface area contributed by atoms with Crippen molar-refractivity contribution >= 4 is 35.2 Å². The lowest BCUT2D eigenvalue weighted by Gasteiger charge is -2.10. The maximum Gasteiger partial charge on any atom is 0.269 e. The van der Waals surface area contributed by atoms with E-state index in [1.54, 1.807) is 43.5 Å². The standard InChI is InChI=1S/C25H23N3O4S/c1-31-22-10-6-5-9-19(22)13-16-23(29)26-25(33)28-27-24(30)20-11-14-21(15-12-20)32-17-18-7-3-2-4-8-18/h2-16H,17H2,1H3,(H,27,30)(H2,26,28,29,33). The van der Waals surface area contributed by atoms with Crippen molar-refractivity contribution < 1.29 is 19.1 Å². The molecule has 8 heteroatoms. The second kappa shape index (κ2) is 12.0. The Hall–Kier alpha value is -4.17. The molecule has 0 spiro atoms. The molecule has 0 aromatic heterocycles. The van der Waals surface area contributed by atoms with Gasteiger partial charge in [-0.25, -0.2) is 0 Å². The third-order valence-electron chi connectivity index (χ3n) is 4.44. The van der Waals surface area contributed by atoms with Crippen LogP contribution < -0.4 is 25.6 Å². The summed E-state index contributed by atoms with van der Waals surface area (Å²) in [6, 6.07) is 23.8. The Morgan fingerprint density at radius 2 is 1.61 bits per heavy atom. The number of carbonyl (C=O) groups excluding carboxylic acids is 2. The zero-order chi connectivity index (χ0) is 23.5. The molecule has 3 N–H and O–H groups in total. The normalized spacial score (nSPS) is 10.3. The van der Waals surface area contributed by atoms with Crippen LogP contribution in [0.25, 0.3) is 6.08 Å². The molecule has 7 nitrogen and oxygen atoms in total. The van der Waals surface area contributed by atoms with Crippen LogP contribution in [0.4, 0.5) is 0 Å². The summed E-state index contributed by atoms with van der Waals surface area (Å²) in [5.74, 6) is 0.428. The van der Waals surface area contributed by atoms with Crippen molar-refractivity contribution in [2.75, 3.05) is 7.11 Å². The molecule has 0 fully saturated rings. The molecular weight excluding hydrogens is 438 g/mol. The number of para-hydroxylation sites is 1. The summed E-state index contributed by atoms with van der Waals surface area (Å²) in [5.41, 5.74) is 7.15. The number of hydrazine groups is 1. The fourth-order valence-corrected chi connectivity index (χ4v) is 2.94. The van der Waals surface area contributed by atoms with Crippen molar-refractivity contribution in [3.63, 3.8) is 0 Å². The zero-order valence-electron chi connectivity index (χ0n) is 17.9. The number of ether oxygens (including phenoxy) is 2. The third kappa shape index (κ3) is 7.48. The van der Waals surface area contributed by atoms with Crippen molar-refractivity contribution in [1.82, 2.24) is 16.2 Å². The molecule has 2 amide bonds. The van der Waals surface area contributed by atoms with E-state index < -0.39 is 11.8 Å². The fraction of sp³-hybridized carbons (Fsp3) is 0.0800. The van der Waals surface area contributed by atoms with Crippen LogP contribution in [0, 0.1) is 0 Å². The molecule has 0 radical (unpaired) electrons. The average Bonchev–Trinajstić information content (AvgIpc) is 2.86. The molecule has 0 saturated carbocycles. The minimum atomic E-state index is -0.451. The predicted octanol–water partition coefficient (Wildman–Crippen LogP) is 3.62. The van der Waals surface area contributed by atoms with E-state index in [0.29, 0.717) is 23.7 Å². The second-order valence-electron chi connectivity index (χ2n) is 6.77. The Kier molecular flexibility index (Phi) is 8.55. The molecule has 3 aromatic rings. The van der Waals surface area contributed by atoms with Crippen molar-refractivity contribution in [2.45, 2.75) is 6.61 Å². The summed E-state index contributed by atoms with van der Waals surface area (Å²) in [6.07, 6.45) is 2.93. The van der Waals surface area contributed by atoms with Gasteiger partial charge in [-0.15, -0.1) is 0 Å².